The Morgan fingerprint density at radius 1 is 1.40 bits per heavy atom. The summed E-state index contributed by atoms with van der Waals surface area (Å²) in [4.78, 5) is 4.00. The molecule has 6 nitrogen and oxygen atoms in total. The van der Waals surface area contributed by atoms with Crippen molar-refractivity contribution in [2.75, 3.05) is 16.6 Å². The van der Waals surface area contributed by atoms with Crippen LogP contribution in [0, 0.1) is 0 Å². The maximum absolute atomic E-state index is 12.6. The van der Waals surface area contributed by atoms with Crippen molar-refractivity contribution in [3.8, 4) is 0 Å². The molecule has 0 bridgehead atoms. The first-order valence-electron chi connectivity index (χ1n) is 6.46. The van der Waals surface area contributed by atoms with Crippen molar-refractivity contribution in [1.29, 1.82) is 0 Å². The lowest BCUT2D eigenvalue weighted by molar-refractivity contribution is 0.589. The number of benzene rings is 1. The van der Waals surface area contributed by atoms with Gasteiger partial charge in [-0.3, -0.25) is 4.31 Å². The van der Waals surface area contributed by atoms with Gasteiger partial charge in [-0.1, -0.05) is 6.07 Å². The van der Waals surface area contributed by atoms with Crippen molar-refractivity contribution >= 4 is 21.4 Å². The normalized spacial score (nSPS) is 14.6. The topological polar surface area (TPSA) is 81.2 Å². The molecule has 0 radical (unpaired) electrons. The maximum atomic E-state index is 12.6. The van der Waals surface area contributed by atoms with E-state index in [2.05, 4.69) is 4.98 Å². The van der Waals surface area contributed by atoms with Gasteiger partial charge in [-0.05, 0) is 25.5 Å². The van der Waals surface area contributed by atoms with E-state index in [9.17, 15) is 8.42 Å². The molecule has 0 spiro atoms. The highest BCUT2D eigenvalue weighted by molar-refractivity contribution is 7.92. The number of sulfonamides is 1. The Hall–Kier alpha value is -2.02. The summed E-state index contributed by atoms with van der Waals surface area (Å²) in [5, 5.41) is 0.0784. The van der Waals surface area contributed by atoms with Crippen LogP contribution in [0.2, 0.25) is 0 Å². The SMILES string of the molecule is CCn1cnc(S(=O)(=O)N2CCc3c(N)cccc32)c1. The molecule has 2 aromatic rings. The fourth-order valence-electron chi connectivity index (χ4n) is 2.44. The van der Waals surface area contributed by atoms with Crippen molar-refractivity contribution in [2.45, 2.75) is 24.9 Å². The number of imidazole rings is 1. The second-order valence-corrected chi connectivity index (χ2v) is 6.52. The summed E-state index contributed by atoms with van der Waals surface area (Å²) in [5.74, 6) is 0. The monoisotopic (exact) mass is 292 g/mol. The van der Waals surface area contributed by atoms with E-state index in [1.165, 1.54) is 10.6 Å². The van der Waals surface area contributed by atoms with E-state index >= 15 is 0 Å². The van der Waals surface area contributed by atoms with Gasteiger partial charge in [0.1, 0.15) is 0 Å². The fourth-order valence-corrected chi connectivity index (χ4v) is 3.88. The average molecular weight is 292 g/mol. The molecule has 2 N–H and O–H groups in total. The van der Waals surface area contributed by atoms with Crippen LogP contribution in [0.25, 0.3) is 0 Å². The number of rotatable bonds is 3. The molecule has 0 amide bonds. The van der Waals surface area contributed by atoms with E-state index < -0.39 is 10.0 Å². The number of hydrogen-bond donors (Lipinski definition) is 1. The van der Waals surface area contributed by atoms with Crippen LogP contribution in [0.1, 0.15) is 12.5 Å². The second-order valence-electron chi connectivity index (χ2n) is 4.71. The van der Waals surface area contributed by atoms with E-state index in [1.54, 1.807) is 29.0 Å². The van der Waals surface area contributed by atoms with Gasteiger partial charge >= 0.3 is 0 Å². The van der Waals surface area contributed by atoms with Gasteiger partial charge in [0.05, 0.1) is 12.0 Å². The van der Waals surface area contributed by atoms with E-state index in [0.29, 0.717) is 30.9 Å². The zero-order valence-corrected chi connectivity index (χ0v) is 12.0. The van der Waals surface area contributed by atoms with Crippen LogP contribution in [0.3, 0.4) is 0 Å². The van der Waals surface area contributed by atoms with Crippen LogP contribution < -0.4 is 10.0 Å². The molecule has 0 aliphatic carbocycles. The Labute approximate surface area is 117 Å². The van der Waals surface area contributed by atoms with Crippen molar-refractivity contribution in [3.05, 3.63) is 36.3 Å². The third-order valence-corrected chi connectivity index (χ3v) is 5.25. The highest BCUT2D eigenvalue weighted by Gasteiger charge is 2.33. The summed E-state index contributed by atoms with van der Waals surface area (Å²) in [5.41, 5.74) is 8.10. The third kappa shape index (κ3) is 1.85. The summed E-state index contributed by atoms with van der Waals surface area (Å²) < 4.78 is 28.4. The number of aryl methyl sites for hydroxylation is 1. The molecule has 1 aromatic heterocycles. The molecule has 2 heterocycles. The molecule has 1 aliphatic rings. The minimum atomic E-state index is -3.61. The van der Waals surface area contributed by atoms with Gasteiger partial charge in [0.25, 0.3) is 10.0 Å². The lowest BCUT2D eigenvalue weighted by Crippen LogP contribution is -2.29. The quantitative estimate of drug-likeness (QED) is 0.863. The number of anilines is 2. The second kappa shape index (κ2) is 4.52. The van der Waals surface area contributed by atoms with Crippen molar-refractivity contribution in [3.63, 3.8) is 0 Å². The molecule has 1 aromatic carbocycles. The molecular formula is C13H16N4O2S. The number of fused-ring (bicyclic) bond motifs is 1. The summed E-state index contributed by atoms with van der Waals surface area (Å²) >= 11 is 0. The highest BCUT2D eigenvalue weighted by Crippen LogP contribution is 2.35. The number of hydrogen-bond acceptors (Lipinski definition) is 4. The molecule has 1 aliphatic heterocycles. The number of nitrogen functional groups attached to an aromatic ring is 1. The smallest absolute Gasteiger partial charge is 0.283 e. The molecule has 0 atom stereocenters. The van der Waals surface area contributed by atoms with E-state index in [4.69, 9.17) is 5.73 Å². The first-order chi connectivity index (χ1) is 9.54. The van der Waals surface area contributed by atoms with Crippen molar-refractivity contribution in [2.24, 2.45) is 0 Å². The summed E-state index contributed by atoms with van der Waals surface area (Å²) in [6.45, 7) is 3.03. The van der Waals surface area contributed by atoms with Crippen molar-refractivity contribution < 1.29 is 8.42 Å². The largest absolute Gasteiger partial charge is 0.398 e. The van der Waals surface area contributed by atoms with E-state index in [1.807, 2.05) is 6.92 Å². The van der Waals surface area contributed by atoms with Gasteiger partial charge < -0.3 is 10.3 Å². The molecule has 0 saturated heterocycles. The number of nitrogens with two attached hydrogens (primary N) is 1. The third-order valence-electron chi connectivity index (χ3n) is 3.55. The lowest BCUT2D eigenvalue weighted by Gasteiger charge is -2.18. The van der Waals surface area contributed by atoms with Gasteiger partial charge in [0.15, 0.2) is 5.03 Å². The molecule has 0 unspecified atom stereocenters. The minimum Gasteiger partial charge on any atom is -0.398 e. The molecule has 20 heavy (non-hydrogen) atoms. The van der Waals surface area contributed by atoms with Gasteiger partial charge in [-0.2, -0.15) is 8.42 Å². The Balaban J connectivity index is 2.05. The first kappa shape index (κ1) is 13.0. The van der Waals surface area contributed by atoms with E-state index in [-0.39, 0.29) is 5.03 Å². The summed E-state index contributed by atoms with van der Waals surface area (Å²) in [6.07, 6.45) is 3.72. The van der Waals surface area contributed by atoms with Gasteiger partial charge in [0, 0.05) is 30.5 Å². The zero-order valence-electron chi connectivity index (χ0n) is 11.2. The average Bonchev–Trinajstić information content (AvgIpc) is 3.06. The number of aromatic nitrogens is 2. The lowest BCUT2D eigenvalue weighted by atomic mass is 10.1. The fraction of sp³-hybridized carbons (Fsp3) is 0.308. The zero-order chi connectivity index (χ0) is 14.3. The van der Waals surface area contributed by atoms with Crippen LogP contribution in [0.5, 0.6) is 0 Å². The Morgan fingerprint density at radius 2 is 2.20 bits per heavy atom. The van der Waals surface area contributed by atoms with Gasteiger partial charge in [-0.15, -0.1) is 0 Å². The predicted molar refractivity (Wildman–Crippen MR) is 77.0 cm³/mol. The maximum Gasteiger partial charge on any atom is 0.283 e. The highest BCUT2D eigenvalue weighted by atomic mass is 32.2. The van der Waals surface area contributed by atoms with E-state index in [0.717, 1.165) is 5.56 Å². The minimum absolute atomic E-state index is 0.0784. The Bertz CT molecular complexity index is 751. The summed E-state index contributed by atoms with van der Waals surface area (Å²) in [7, 11) is -3.61. The Morgan fingerprint density at radius 3 is 2.90 bits per heavy atom. The van der Waals surface area contributed by atoms with Crippen LogP contribution >= 0.6 is 0 Å². The Kier molecular flexibility index (Phi) is 2.93. The van der Waals surface area contributed by atoms with Crippen molar-refractivity contribution in [1.82, 2.24) is 9.55 Å². The van der Waals surface area contributed by atoms with Crippen LogP contribution in [0.4, 0.5) is 11.4 Å². The molecule has 0 saturated carbocycles. The molecule has 0 fully saturated rings. The summed E-state index contributed by atoms with van der Waals surface area (Å²) in [6, 6.07) is 5.35. The molecular weight excluding hydrogens is 276 g/mol. The molecule has 3 rings (SSSR count). The van der Waals surface area contributed by atoms with Gasteiger partial charge in [0.2, 0.25) is 0 Å². The predicted octanol–water partition coefficient (Wildman–Crippen LogP) is 1.24. The molecule has 106 valence electrons. The van der Waals surface area contributed by atoms with Crippen LogP contribution in [-0.2, 0) is 23.0 Å². The van der Waals surface area contributed by atoms with Crippen LogP contribution in [-0.4, -0.2) is 24.5 Å². The number of nitrogens with zero attached hydrogens (tertiary/aromatic N) is 3. The van der Waals surface area contributed by atoms with Gasteiger partial charge in [-0.25, -0.2) is 4.98 Å². The first-order valence-corrected chi connectivity index (χ1v) is 7.90. The molecule has 7 heteroatoms. The standard InChI is InChI=1S/C13H16N4O2S/c1-2-16-8-13(15-9-16)20(18,19)17-7-6-10-11(14)4-3-5-12(10)17/h3-5,8-9H,2,6-7,14H2,1H3. The van der Waals surface area contributed by atoms with Crippen LogP contribution in [0.15, 0.2) is 35.7 Å².